The molecule has 76 valence electrons. The molecule has 1 aromatic rings. The van der Waals surface area contributed by atoms with Crippen LogP contribution in [-0.4, -0.2) is 4.92 Å². The molecule has 0 heterocycles. The number of benzene rings is 1. The number of nitro benzene ring substituents is 1. The van der Waals surface area contributed by atoms with Crippen molar-refractivity contribution in [3.05, 3.63) is 38.9 Å². The number of hydrogen-bond donors (Lipinski definition) is 0. The summed E-state index contributed by atoms with van der Waals surface area (Å²) in [5.74, 6) is 0.439. The van der Waals surface area contributed by atoms with Crippen LogP contribution in [0, 0.1) is 16.0 Å². The summed E-state index contributed by atoms with van der Waals surface area (Å²) in [7, 11) is 0. The van der Waals surface area contributed by atoms with E-state index in [9.17, 15) is 10.1 Å². The van der Waals surface area contributed by atoms with Crippen molar-refractivity contribution in [2.24, 2.45) is 5.92 Å². The smallest absolute Gasteiger partial charge is 0.258 e. The topological polar surface area (TPSA) is 43.1 Å². The quantitative estimate of drug-likeness (QED) is 0.570. The first-order chi connectivity index (χ1) is 6.50. The fraction of sp³-hybridized carbons (Fsp3) is 0.400. The third kappa shape index (κ3) is 2.70. The summed E-state index contributed by atoms with van der Waals surface area (Å²) in [5, 5.41) is 11.1. The van der Waals surface area contributed by atoms with Crippen LogP contribution < -0.4 is 0 Å². The second-order valence-electron chi connectivity index (χ2n) is 3.63. The van der Waals surface area contributed by atoms with Crippen molar-refractivity contribution in [3.8, 4) is 0 Å². The summed E-state index contributed by atoms with van der Waals surface area (Å²) < 4.78 is 0. The maximum atomic E-state index is 10.5. The molecule has 0 radical (unpaired) electrons. The first-order valence-corrected chi connectivity index (χ1v) is 4.81. The van der Waals surface area contributed by atoms with Crippen molar-refractivity contribution in [2.75, 3.05) is 0 Å². The molecule has 4 heteroatoms. The minimum atomic E-state index is -0.403. The number of halogens is 1. The largest absolute Gasteiger partial charge is 0.269 e. The van der Waals surface area contributed by atoms with E-state index in [2.05, 4.69) is 13.8 Å². The van der Waals surface area contributed by atoms with Gasteiger partial charge in [-0.25, -0.2) is 0 Å². The summed E-state index contributed by atoms with van der Waals surface area (Å²) in [6.07, 6.45) is 0.764. The molecule has 0 unspecified atom stereocenters. The number of nitro groups is 1. The molecule has 0 bridgehead atoms. The van der Waals surface area contributed by atoms with Gasteiger partial charge in [-0.05, 0) is 24.0 Å². The lowest BCUT2D eigenvalue weighted by Crippen LogP contribution is -1.96. The highest BCUT2D eigenvalue weighted by Gasteiger charge is 2.10. The molecule has 1 aromatic carbocycles. The van der Waals surface area contributed by atoms with E-state index in [1.54, 1.807) is 12.1 Å². The summed E-state index contributed by atoms with van der Waals surface area (Å²) in [6.45, 7) is 4.10. The van der Waals surface area contributed by atoms with Gasteiger partial charge >= 0.3 is 0 Å². The summed E-state index contributed by atoms with van der Waals surface area (Å²) in [4.78, 5) is 10.1. The lowest BCUT2D eigenvalue weighted by Gasteiger charge is -2.06. The normalized spacial score (nSPS) is 10.6. The van der Waals surface area contributed by atoms with Crippen LogP contribution in [0.3, 0.4) is 0 Å². The van der Waals surface area contributed by atoms with Gasteiger partial charge in [-0.2, -0.15) is 0 Å². The Morgan fingerprint density at radius 2 is 2.14 bits per heavy atom. The van der Waals surface area contributed by atoms with Gasteiger partial charge in [0.05, 0.1) is 4.92 Å². The zero-order valence-electron chi connectivity index (χ0n) is 8.16. The van der Waals surface area contributed by atoms with Crippen LogP contribution in [0.2, 0.25) is 5.02 Å². The number of rotatable bonds is 3. The second kappa shape index (κ2) is 4.42. The first-order valence-electron chi connectivity index (χ1n) is 4.43. The van der Waals surface area contributed by atoms with Crippen molar-refractivity contribution < 1.29 is 4.92 Å². The van der Waals surface area contributed by atoms with Crippen molar-refractivity contribution in [3.63, 3.8) is 0 Å². The third-order valence-corrected chi connectivity index (χ3v) is 2.24. The fourth-order valence-corrected chi connectivity index (χ4v) is 1.47. The molecule has 0 aliphatic carbocycles. The Hall–Kier alpha value is -1.09. The highest BCUT2D eigenvalue weighted by atomic mass is 35.5. The second-order valence-corrected chi connectivity index (χ2v) is 4.04. The van der Waals surface area contributed by atoms with Gasteiger partial charge in [0.2, 0.25) is 0 Å². The lowest BCUT2D eigenvalue weighted by molar-refractivity contribution is -0.384. The van der Waals surface area contributed by atoms with Gasteiger partial charge in [-0.15, -0.1) is 0 Å². The average Bonchev–Trinajstić information content (AvgIpc) is 2.07. The molecule has 0 aromatic heterocycles. The Kier molecular flexibility index (Phi) is 3.47. The molecule has 0 atom stereocenters. The van der Waals surface area contributed by atoms with Crippen molar-refractivity contribution in [1.29, 1.82) is 0 Å². The van der Waals surface area contributed by atoms with Crippen molar-refractivity contribution >= 4 is 17.3 Å². The Morgan fingerprint density at radius 1 is 1.50 bits per heavy atom. The molecule has 0 spiro atoms. The van der Waals surface area contributed by atoms with E-state index in [4.69, 9.17) is 11.6 Å². The zero-order valence-corrected chi connectivity index (χ0v) is 8.91. The molecule has 0 amide bonds. The maximum absolute atomic E-state index is 10.5. The SMILES string of the molecule is CC(C)Cc1cc([N+](=O)[O-])ccc1Cl. The van der Waals surface area contributed by atoms with Gasteiger partial charge in [0, 0.05) is 17.2 Å². The van der Waals surface area contributed by atoms with Crippen LogP contribution in [-0.2, 0) is 6.42 Å². The van der Waals surface area contributed by atoms with Crippen LogP contribution in [0.15, 0.2) is 18.2 Å². The molecular formula is C10H12ClNO2. The lowest BCUT2D eigenvalue weighted by atomic mass is 10.0. The number of nitrogens with zero attached hydrogens (tertiary/aromatic N) is 1. The van der Waals surface area contributed by atoms with Gasteiger partial charge in [-0.3, -0.25) is 10.1 Å². The third-order valence-electron chi connectivity index (χ3n) is 1.87. The van der Waals surface area contributed by atoms with E-state index in [0.29, 0.717) is 10.9 Å². The molecule has 0 aliphatic rings. The predicted molar refractivity (Wildman–Crippen MR) is 56.6 cm³/mol. The Labute approximate surface area is 87.8 Å². The van der Waals surface area contributed by atoms with Gasteiger partial charge in [-0.1, -0.05) is 25.4 Å². The molecule has 0 saturated carbocycles. The van der Waals surface area contributed by atoms with Gasteiger partial charge in [0.1, 0.15) is 0 Å². The van der Waals surface area contributed by atoms with Crippen LogP contribution in [0.1, 0.15) is 19.4 Å². The van der Waals surface area contributed by atoms with Gasteiger partial charge < -0.3 is 0 Å². The molecule has 0 fully saturated rings. The van der Waals surface area contributed by atoms with Crippen molar-refractivity contribution in [1.82, 2.24) is 0 Å². The van der Waals surface area contributed by atoms with Crippen LogP contribution in [0.5, 0.6) is 0 Å². The van der Waals surface area contributed by atoms with E-state index in [-0.39, 0.29) is 5.69 Å². The standard InChI is InChI=1S/C10H12ClNO2/c1-7(2)5-8-6-9(12(13)14)3-4-10(8)11/h3-4,6-7H,5H2,1-2H3. The monoisotopic (exact) mass is 213 g/mol. The Bertz CT molecular complexity index is 350. The van der Waals surface area contributed by atoms with Crippen molar-refractivity contribution in [2.45, 2.75) is 20.3 Å². The number of hydrogen-bond acceptors (Lipinski definition) is 2. The first kappa shape index (κ1) is 11.0. The molecule has 14 heavy (non-hydrogen) atoms. The molecule has 0 N–H and O–H groups in total. The van der Waals surface area contributed by atoms with Crippen LogP contribution >= 0.6 is 11.6 Å². The summed E-state index contributed by atoms with van der Waals surface area (Å²) in [6, 6.07) is 4.55. The average molecular weight is 214 g/mol. The van der Waals surface area contributed by atoms with Crippen LogP contribution in [0.4, 0.5) is 5.69 Å². The fourth-order valence-electron chi connectivity index (χ4n) is 1.27. The van der Waals surface area contributed by atoms with E-state index < -0.39 is 4.92 Å². The van der Waals surface area contributed by atoms with Gasteiger partial charge in [0.15, 0.2) is 0 Å². The molecule has 0 saturated heterocycles. The van der Waals surface area contributed by atoms with E-state index in [1.807, 2.05) is 0 Å². The molecular weight excluding hydrogens is 202 g/mol. The Morgan fingerprint density at radius 3 is 2.64 bits per heavy atom. The Balaban J connectivity index is 3.02. The maximum Gasteiger partial charge on any atom is 0.269 e. The minimum Gasteiger partial charge on any atom is -0.258 e. The highest BCUT2D eigenvalue weighted by molar-refractivity contribution is 6.31. The van der Waals surface area contributed by atoms with Crippen LogP contribution in [0.25, 0.3) is 0 Å². The zero-order chi connectivity index (χ0) is 10.7. The highest BCUT2D eigenvalue weighted by Crippen LogP contribution is 2.24. The van der Waals surface area contributed by atoms with E-state index >= 15 is 0 Å². The molecule has 0 aliphatic heterocycles. The molecule has 3 nitrogen and oxygen atoms in total. The minimum absolute atomic E-state index is 0.102. The predicted octanol–water partition coefficient (Wildman–Crippen LogP) is 3.45. The van der Waals surface area contributed by atoms with E-state index in [1.165, 1.54) is 6.07 Å². The summed E-state index contributed by atoms with van der Waals surface area (Å²) in [5.41, 5.74) is 0.945. The van der Waals surface area contributed by atoms with Gasteiger partial charge in [0.25, 0.3) is 5.69 Å². The summed E-state index contributed by atoms with van der Waals surface area (Å²) >= 11 is 5.92. The van der Waals surface area contributed by atoms with E-state index in [0.717, 1.165) is 12.0 Å². The number of non-ortho nitro benzene ring substituents is 1. The molecule has 1 rings (SSSR count).